The van der Waals surface area contributed by atoms with Gasteiger partial charge in [0.05, 0.1) is 6.61 Å². The number of nitrogens with two attached hydrogens (primary N) is 1. The lowest BCUT2D eigenvalue weighted by Gasteiger charge is -2.02. The third-order valence-corrected chi connectivity index (χ3v) is 1.58. The molecule has 0 radical (unpaired) electrons. The molecule has 0 spiro atoms. The molecule has 0 aliphatic heterocycles. The molecule has 72 valence electrons. The highest BCUT2D eigenvalue weighted by molar-refractivity contribution is 5.20. The minimum Gasteiger partial charge on any atom is -0.304 e. The van der Waals surface area contributed by atoms with E-state index in [9.17, 15) is 13.2 Å². The van der Waals surface area contributed by atoms with E-state index in [1.54, 1.807) is 0 Å². The van der Waals surface area contributed by atoms with Crippen molar-refractivity contribution in [1.29, 1.82) is 0 Å². The van der Waals surface area contributed by atoms with Crippen LogP contribution < -0.4 is 5.90 Å². The van der Waals surface area contributed by atoms with Gasteiger partial charge in [-0.3, -0.25) is 0 Å². The molecule has 1 aromatic rings. The van der Waals surface area contributed by atoms with Crippen molar-refractivity contribution >= 4 is 0 Å². The molecule has 1 aromatic carbocycles. The molecular formula is C8H8F3NO. The summed E-state index contributed by atoms with van der Waals surface area (Å²) < 4.78 is 37.8. The Labute approximate surface area is 73.1 Å². The third-order valence-electron chi connectivity index (χ3n) is 1.58. The summed E-state index contributed by atoms with van der Waals surface area (Å²) >= 11 is 0. The molecule has 13 heavy (non-hydrogen) atoms. The molecule has 1 rings (SSSR count). The largest absolute Gasteiger partial charge is 0.304 e. The number of benzene rings is 1. The third kappa shape index (κ3) is 2.43. The van der Waals surface area contributed by atoms with E-state index in [1.807, 2.05) is 0 Å². The molecule has 0 bridgehead atoms. The van der Waals surface area contributed by atoms with Crippen molar-refractivity contribution in [2.24, 2.45) is 5.90 Å². The monoisotopic (exact) mass is 191 g/mol. The zero-order valence-electron chi connectivity index (χ0n) is 6.69. The van der Waals surface area contributed by atoms with Gasteiger partial charge in [-0.2, -0.15) is 0 Å². The van der Waals surface area contributed by atoms with Crippen molar-refractivity contribution in [2.45, 2.75) is 6.42 Å². The van der Waals surface area contributed by atoms with Crippen molar-refractivity contribution in [3.63, 3.8) is 0 Å². The van der Waals surface area contributed by atoms with E-state index in [-0.39, 0.29) is 18.6 Å². The van der Waals surface area contributed by atoms with Gasteiger partial charge in [0.1, 0.15) is 5.82 Å². The maximum absolute atomic E-state index is 12.9. The van der Waals surface area contributed by atoms with Crippen molar-refractivity contribution in [1.82, 2.24) is 0 Å². The summed E-state index contributed by atoms with van der Waals surface area (Å²) in [6, 6.07) is 1.30. The SMILES string of the molecule is NOCCc1cc(F)c(F)cc1F. The molecule has 0 aliphatic carbocycles. The molecule has 0 heterocycles. The smallest absolute Gasteiger partial charge is 0.161 e. The molecule has 2 nitrogen and oxygen atoms in total. The normalized spacial score (nSPS) is 10.5. The van der Waals surface area contributed by atoms with Gasteiger partial charge in [0.2, 0.25) is 0 Å². The Morgan fingerprint density at radius 1 is 1.08 bits per heavy atom. The molecule has 0 amide bonds. The predicted octanol–water partition coefficient (Wildman–Crippen LogP) is 1.54. The van der Waals surface area contributed by atoms with E-state index >= 15 is 0 Å². The van der Waals surface area contributed by atoms with Crippen LogP contribution in [-0.4, -0.2) is 6.61 Å². The van der Waals surface area contributed by atoms with E-state index in [0.717, 1.165) is 6.07 Å². The Bertz CT molecular complexity index is 304. The fourth-order valence-electron chi connectivity index (χ4n) is 0.924. The average molecular weight is 191 g/mol. The fourth-order valence-corrected chi connectivity index (χ4v) is 0.924. The zero-order valence-corrected chi connectivity index (χ0v) is 6.69. The summed E-state index contributed by atoms with van der Waals surface area (Å²) in [4.78, 5) is 4.19. The molecule has 0 atom stereocenters. The fraction of sp³-hybridized carbons (Fsp3) is 0.250. The van der Waals surface area contributed by atoms with Crippen LogP contribution in [-0.2, 0) is 11.3 Å². The van der Waals surface area contributed by atoms with Crippen LogP contribution >= 0.6 is 0 Å². The molecule has 0 aromatic heterocycles. The molecule has 0 unspecified atom stereocenters. The van der Waals surface area contributed by atoms with Crippen LogP contribution in [0.3, 0.4) is 0 Å². The number of rotatable bonds is 3. The highest BCUT2D eigenvalue weighted by Gasteiger charge is 2.08. The number of halogens is 3. The second-order valence-electron chi connectivity index (χ2n) is 2.48. The Balaban J connectivity index is 2.88. The minimum atomic E-state index is -1.20. The Kier molecular flexibility index (Phi) is 3.27. The lowest BCUT2D eigenvalue weighted by atomic mass is 10.1. The summed E-state index contributed by atoms with van der Waals surface area (Å²) in [6.07, 6.45) is 0.111. The van der Waals surface area contributed by atoms with Crippen LogP contribution in [0.4, 0.5) is 13.2 Å². The van der Waals surface area contributed by atoms with Crippen molar-refractivity contribution in [3.05, 3.63) is 35.1 Å². The second kappa shape index (κ2) is 4.25. The van der Waals surface area contributed by atoms with Gasteiger partial charge in [0.15, 0.2) is 11.6 Å². The first-order chi connectivity index (χ1) is 6.15. The first-order valence-electron chi connectivity index (χ1n) is 3.60. The van der Waals surface area contributed by atoms with Crippen LogP contribution in [0.1, 0.15) is 5.56 Å². The molecule has 0 fully saturated rings. The van der Waals surface area contributed by atoms with E-state index in [2.05, 4.69) is 4.84 Å². The number of hydrogen-bond acceptors (Lipinski definition) is 2. The van der Waals surface area contributed by atoms with Crippen LogP contribution in [0.2, 0.25) is 0 Å². The molecule has 5 heteroatoms. The molecular weight excluding hydrogens is 183 g/mol. The van der Waals surface area contributed by atoms with Crippen LogP contribution in [0.15, 0.2) is 12.1 Å². The first-order valence-corrected chi connectivity index (χ1v) is 3.60. The Hall–Kier alpha value is -1.07. The van der Waals surface area contributed by atoms with Crippen molar-refractivity contribution in [3.8, 4) is 0 Å². The van der Waals surface area contributed by atoms with Crippen molar-refractivity contribution in [2.75, 3.05) is 6.61 Å². The Morgan fingerprint density at radius 3 is 2.31 bits per heavy atom. The zero-order chi connectivity index (χ0) is 9.84. The lowest BCUT2D eigenvalue weighted by Crippen LogP contribution is -2.05. The van der Waals surface area contributed by atoms with Crippen LogP contribution in [0.5, 0.6) is 0 Å². The molecule has 0 saturated carbocycles. The van der Waals surface area contributed by atoms with Gasteiger partial charge in [-0.15, -0.1) is 0 Å². The van der Waals surface area contributed by atoms with Gasteiger partial charge in [0.25, 0.3) is 0 Å². The first kappa shape index (κ1) is 10.0. The second-order valence-corrected chi connectivity index (χ2v) is 2.48. The summed E-state index contributed by atoms with van der Waals surface area (Å²) in [5.74, 6) is 1.63. The summed E-state index contributed by atoms with van der Waals surface area (Å²) in [7, 11) is 0. The van der Waals surface area contributed by atoms with E-state index in [1.165, 1.54) is 0 Å². The minimum absolute atomic E-state index is 0.0457. The summed E-state index contributed by atoms with van der Waals surface area (Å²) in [6.45, 7) is 0.0575. The quantitative estimate of drug-likeness (QED) is 0.581. The molecule has 0 saturated heterocycles. The van der Waals surface area contributed by atoms with Crippen LogP contribution in [0, 0.1) is 17.5 Å². The van der Waals surface area contributed by atoms with Gasteiger partial charge < -0.3 is 4.84 Å². The van der Waals surface area contributed by atoms with Gasteiger partial charge in [-0.1, -0.05) is 0 Å². The number of hydrogen-bond donors (Lipinski definition) is 1. The highest BCUT2D eigenvalue weighted by Crippen LogP contribution is 2.13. The molecule has 0 aliphatic rings. The molecule has 2 N–H and O–H groups in total. The van der Waals surface area contributed by atoms with E-state index < -0.39 is 17.5 Å². The van der Waals surface area contributed by atoms with Crippen molar-refractivity contribution < 1.29 is 18.0 Å². The summed E-state index contributed by atoms with van der Waals surface area (Å²) in [5.41, 5.74) is 0.0457. The standard InChI is InChI=1S/C8H8F3NO/c9-6-4-8(11)7(10)3-5(6)1-2-13-12/h3-4H,1-2,12H2. The van der Waals surface area contributed by atoms with Gasteiger partial charge in [-0.05, 0) is 11.6 Å². The maximum Gasteiger partial charge on any atom is 0.161 e. The topological polar surface area (TPSA) is 35.2 Å². The van der Waals surface area contributed by atoms with Gasteiger partial charge in [0, 0.05) is 12.5 Å². The summed E-state index contributed by atoms with van der Waals surface area (Å²) in [5, 5.41) is 0. The average Bonchev–Trinajstić information content (AvgIpc) is 2.09. The van der Waals surface area contributed by atoms with Gasteiger partial charge in [-0.25, -0.2) is 19.1 Å². The van der Waals surface area contributed by atoms with Gasteiger partial charge >= 0.3 is 0 Å². The predicted molar refractivity (Wildman–Crippen MR) is 40.2 cm³/mol. The van der Waals surface area contributed by atoms with E-state index in [4.69, 9.17) is 5.90 Å². The van der Waals surface area contributed by atoms with Crippen LogP contribution in [0.25, 0.3) is 0 Å². The van der Waals surface area contributed by atoms with E-state index in [0.29, 0.717) is 6.07 Å². The Morgan fingerprint density at radius 2 is 1.69 bits per heavy atom. The highest BCUT2D eigenvalue weighted by atomic mass is 19.2. The lowest BCUT2D eigenvalue weighted by molar-refractivity contribution is 0.140. The maximum atomic E-state index is 12.9.